The second kappa shape index (κ2) is 8.15. The Labute approximate surface area is 137 Å². The van der Waals surface area contributed by atoms with E-state index in [2.05, 4.69) is 16.0 Å². The minimum absolute atomic E-state index is 0. The third kappa shape index (κ3) is 4.21. The Morgan fingerprint density at radius 2 is 2.05 bits per heavy atom. The molecule has 0 bridgehead atoms. The van der Waals surface area contributed by atoms with Crippen LogP contribution in [0.2, 0.25) is 0 Å². The molecule has 2 amide bonds. The number of anilines is 1. The fraction of sp³-hybridized carbons (Fsp3) is 0.500. The number of rotatable bonds is 5. The summed E-state index contributed by atoms with van der Waals surface area (Å²) in [6.07, 6.45) is 0. The Hall–Kier alpha value is -1.59. The number of aryl methyl sites for hydroxylation is 1. The van der Waals surface area contributed by atoms with Gasteiger partial charge < -0.3 is 16.0 Å². The lowest BCUT2D eigenvalue weighted by molar-refractivity contribution is -0.121. The van der Waals surface area contributed by atoms with Crippen molar-refractivity contribution in [3.05, 3.63) is 29.3 Å². The zero-order chi connectivity index (χ0) is 15.4. The number of carbonyl (C=O) groups is 2. The SMILES string of the molecule is CCNC(=O)c1ccc(NC(=O)C(C)C2CNC2)c(C)c1.Cl. The molecule has 6 heteroatoms. The van der Waals surface area contributed by atoms with Gasteiger partial charge in [0, 0.05) is 23.7 Å². The normalized spacial score (nSPS) is 15.2. The summed E-state index contributed by atoms with van der Waals surface area (Å²) in [7, 11) is 0. The van der Waals surface area contributed by atoms with Crippen LogP contribution < -0.4 is 16.0 Å². The zero-order valence-corrected chi connectivity index (χ0v) is 14.0. The highest BCUT2D eigenvalue weighted by Gasteiger charge is 2.28. The third-order valence-electron chi connectivity index (χ3n) is 4.02. The number of amides is 2. The highest BCUT2D eigenvalue weighted by atomic mass is 35.5. The number of hydrogen-bond donors (Lipinski definition) is 3. The molecule has 1 heterocycles. The number of nitrogens with one attached hydrogen (secondary N) is 3. The first-order chi connectivity index (χ1) is 10.0. The number of benzene rings is 1. The van der Waals surface area contributed by atoms with E-state index in [0.29, 0.717) is 18.0 Å². The first kappa shape index (κ1) is 18.5. The summed E-state index contributed by atoms with van der Waals surface area (Å²) in [6, 6.07) is 5.34. The third-order valence-corrected chi connectivity index (χ3v) is 4.02. The van der Waals surface area contributed by atoms with E-state index in [4.69, 9.17) is 0 Å². The molecule has 22 heavy (non-hydrogen) atoms. The highest BCUT2D eigenvalue weighted by molar-refractivity contribution is 5.97. The van der Waals surface area contributed by atoms with E-state index in [1.54, 1.807) is 18.2 Å². The Kier molecular flexibility index (Phi) is 6.84. The van der Waals surface area contributed by atoms with Crippen molar-refractivity contribution in [1.29, 1.82) is 0 Å². The van der Waals surface area contributed by atoms with Crippen LogP contribution in [0.3, 0.4) is 0 Å². The van der Waals surface area contributed by atoms with Crippen molar-refractivity contribution in [3.63, 3.8) is 0 Å². The first-order valence-corrected chi connectivity index (χ1v) is 7.43. The van der Waals surface area contributed by atoms with Gasteiger partial charge in [-0.05, 0) is 56.6 Å². The van der Waals surface area contributed by atoms with E-state index in [1.807, 2.05) is 20.8 Å². The predicted octanol–water partition coefficient (Wildman–Crippen LogP) is 1.96. The van der Waals surface area contributed by atoms with Gasteiger partial charge in [0.15, 0.2) is 0 Å². The van der Waals surface area contributed by atoms with E-state index in [9.17, 15) is 9.59 Å². The summed E-state index contributed by atoms with van der Waals surface area (Å²) in [4.78, 5) is 24.0. The maximum Gasteiger partial charge on any atom is 0.251 e. The molecule has 3 N–H and O–H groups in total. The molecule has 2 rings (SSSR count). The van der Waals surface area contributed by atoms with Gasteiger partial charge in [-0.2, -0.15) is 0 Å². The number of hydrogen-bond acceptors (Lipinski definition) is 3. The minimum atomic E-state index is -0.0904. The summed E-state index contributed by atoms with van der Waals surface area (Å²) in [5, 5.41) is 8.90. The predicted molar refractivity (Wildman–Crippen MR) is 90.6 cm³/mol. The maximum atomic E-state index is 12.2. The standard InChI is InChI=1S/C16H23N3O2.ClH/c1-4-18-16(21)12-5-6-14(10(2)7-12)19-15(20)11(3)13-8-17-9-13;/h5-7,11,13,17H,4,8-9H2,1-3H3,(H,18,21)(H,19,20);1H. The molecule has 0 spiro atoms. The molecule has 0 radical (unpaired) electrons. The zero-order valence-electron chi connectivity index (χ0n) is 13.2. The van der Waals surface area contributed by atoms with E-state index < -0.39 is 0 Å². The smallest absolute Gasteiger partial charge is 0.251 e. The largest absolute Gasteiger partial charge is 0.352 e. The van der Waals surface area contributed by atoms with E-state index in [1.165, 1.54) is 0 Å². The fourth-order valence-electron chi connectivity index (χ4n) is 2.33. The molecule has 122 valence electrons. The second-order valence-corrected chi connectivity index (χ2v) is 5.59. The van der Waals surface area contributed by atoms with Crippen LogP contribution in [0.15, 0.2) is 18.2 Å². The highest BCUT2D eigenvalue weighted by Crippen LogP contribution is 2.21. The first-order valence-electron chi connectivity index (χ1n) is 7.43. The van der Waals surface area contributed by atoms with Crippen molar-refractivity contribution in [3.8, 4) is 0 Å². The van der Waals surface area contributed by atoms with Crippen molar-refractivity contribution in [2.24, 2.45) is 11.8 Å². The van der Waals surface area contributed by atoms with Crippen LogP contribution in [0.25, 0.3) is 0 Å². The van der Waals surface area contributed by atoms with E-state index in [-0.39, 0.29) is 30.1 Å². The number of carbonyl (C=O) groups excluding carboxylic acids is 2. The summed E-state index contributed by atoms with van der Waals surface area (Å²) in [6.45, 7) is 8.15. The van der Waals surface area contributed by atoms with Crippen LogP contribution in [0.4, 0.5) is 5.69 Å². The lowest BCUT2D eigenvalue weighted by Gasteiger charge is -2.31. The second-order valence-electron chi connectivity index (χ2n) is 5.59. The molecule has 0 saturated carbocycles. The molecule has 0 aliphatic carbocycles. The molecule has 1 aliphatic heterocycles. The monoisotopic (exact) mass is 325 g/mol. The van der Waals surface area contributed by atoms with Gasteiger partial charge in [-0.3, -0.25) is 9.59 Å². The maximum absolute atomic E-state index is 12.2. The molecule has 1 atom stereocenters. The molecular weight excluding hydrogens is 302 g/mol. The van der Waals surface area contributed by atoms with Crippen LogP contribution in [-0.2, 0) is 4.79 Å². The Bertz CT molecular complexity index is 544. The summed E-state index contributed by atoms with van der Waals surface area (Å²) in [5.74, 6) is 0.358. The molecule has 1 saturated heterocycles. The van der Waals surface area contributed by atoms with Crippen molar-refractivity contribution in [2.45, 2.75) is 20.8 Å². The Morgan fingerprint density at radius 1 is 1.36 bits per heavy atom. The van der Waals surface area contributed by atoms with Gasteiger partial charge in [0.2, 0.25) is 5.91 Å². The summed E-state index contributed by atoms with van der Waals surface area (Å²) < 4.78 is 0. The molecule has 1 aromatic carbocycles. The number of halogens is 1. The van der Waals surface area contributed by atoms with Crippen LogP contribution in [0.5, 0.6) is 0 Å². The molecule has 1 aromatic rings. The fourth-order valence-corrected chi connectivity index (χ4v) is 2.33. The van der Waals surface area contributed by atoms with Gasteiger partial charge in [0.1, 0.15) is 0 Å². The van der Waals surface area contributed by atoms with Crippen molar-refractivity contribution in [1.82, 2.24) is 10.6 Å². The topological polar surface area (TPSA) is 70.2 Å². The molecular formula is C16H24ClN3O2. The van der Waals surface area contributed by atoms with Gasteiger partial charge in [-0.15, -0.1) is 12.4 Å². The summed E-state index contributed by atoms with van der Waals surface area (Å²) in [5.41, 5.74) is 2.28. The lowest BCUT2D eigenvalue weighted by Crippen LogP contribution is -2.48. The Morgan fingerprint density at radius 3 is 2.55 bits per heavy atom. The van der Waals surface area contributed by atoms with Gasteiger partial charge in [0.25, 0.3) is 5.91 Å². The van der Waals surface area contributed by atoms with Crippen molar-refractivity contribution in [2.75, 3.05) is 25.0 Å². The average molecular weight is 326 g/mol. The van der Waals surface area contributed by atoms with Gasteiger partial charge in [0.05, 0.1) is 0 Å². The quantitative estimate of drug-likeness (QED) is 0.775. The van der Waals surface area contributed by atoms with Gasteiger partial charge in [-0.25, -0.2) is 0 Å². The van der Waals surface area contributed by atoms with Crippen LogP contribution in [-0.4, -0.2) is 31.4 Å². The van der Waals surface area contributed by atoms with Crippen LogP contribution >= 0.6 is 12.4 Å². The van der Waals surface area contributed by atoms with Crippen LogP contribution in [0.1, 0.15) is 29.8 Å². The van der Waals surface area contributed by atoms with Crippen LogP contribution in [0, 0.1) is 18.8 Å². The van der Waals surface area contributed by atoms with E-state index in [0.717, 1.165) is 24.3 Å². The van der Waals surface area contributed by atoms with E-state index >= 15 is 0 Å². The molecule has 1 aliphatic rings. The van der Waals surface area contributed by atoms with Crippen molar-refractivity contribution >= 4 is 29.9 Å². The molecule has 0 aromatic heterocycles. The minimum Gasteiger partial charge on any atom is -0.352 e. The Balaban J connectivity index is 0.00000242. The van der Waals surface area contributed by atoms with Gasteiger partial charge >= 0.3 is 0 Å². The lowest BCUT2D eigenvalue weighted by atomic mass is 9.88. The molecule has 1 unspecified atom stereocenters. The molecule has 5 nitrogen and oxygen atoms in total. The summed E-state index contributed by atoms with van der Waals surface area (Å²) >= 11 is 0. The molecule has 1 fully saturated rings. The average Bonchev–Trinajstić information content (AvgIpc) is 2.39. The van der Waals surface area contributed by atoms with Gasteiger partial charge in [-0.1, -0.05) is 6.92 Å². The van der Waals surface area contributed by atoms with Crippen molar-refractivity contribution < 1.29 is 9.59 Å².